The molecule has 2 heterocycles. The van der Waals surface area contributed by atoms with Crippen molar-refractivity contribution in [1.82, 2.24) is 9.88 Å². The number of nitrogens with zero attached hydrogens (tertiary/aromatic N) is 4. The van der Waals surface area contributed by atoms with Gasteiger partial charge >= 0.3 is 6.18 Å². The second kappa shape index (κ2) is 6.67. The largest absolute Gasteiger partial charge is 0.417 e. The predicted octanol–water partition coefficient (Wildman–Crippen LogP) is 0.957. The molecule has 0 saturated carbocycles. The van der Waals surface area contributed by atoms with Crippen molar-refractivity contribution >= 4 is 11.7 Å². The van der Waals surface area contributed by atoms with E-state index in [1.165, 1.54) is 11.0 Å². The van der Waals surface area contributed by atoms with E-state index in [0.29, 0.717) is 18.9 Å². The van der Waals surface area contributed by atoms with Crippen molar-refractivity contribution in [3.05, 3.63) is 34.0 Å². The first-order valence-corrected chi connectivity index (χ1v) is 6.60. The summed E-state index contributed by atoms with van der Waals surface area (Å²) in [5.41, 5.74) is -0.827. The number of carbonyl (C=O) groups is 1. The number of alkyl halides is 3. The standard InChI is InChI=1S/C12H13F3N4O4/c13-12(14,15)9-1-2-10(16-7-9)17-3-5-18(6-4-17)11(20)8-23-19(21)22/h1-2,7H,3-6,8H2. The van der Waals surface area contributed by atoms with Gasteiger partial charge in [0, 0.05) is 32.4 Å². The van der Waals surface area contributed by atoms with E-state index in [-0.39, 0.29) is 13.1 Å². The van der Waals surface area contributed by atoms with Crippen molar-refractivity contribution in [2.75, 3.05) is 37.7 Å². The molecule has 1 fully saturated rings. The summed E-state index contributed by atoms with van der Waals surface area (Å²) in [6.07, 6.45) is -3.68. The minimum absolute atomic E-state index is 0.280. The van der Waals surface area contributed by atoms with Crippen molar-refractivity contribution in [3.8, 4) is 0 Å². The Kier molecular flexibility index (Phi) is 4.86. The Balaban J connectivity index is 1.89. The van der Waals surface area contributed by atoms with Gasteiger partial charge < -0.3 is 14.6 Å². The summed E-state index contributed by atoms with van der Waals surface area (Å²) in [6.45, 7) is 0.641. The highest BCUT2D eigenvalue weighted by Gasteiger charge is 2.31. The monoisotopic (exact) mass is 334 g/mol. The number of hydrogen-bond donors (Lipinski definition) is 0. The fraction of sp³-hybridized carbons (Fsp3) is 0.500. The minimum atomic E-state index is -4.44. The Labute approximate surface area is 128 Å². The van der Waals surface area contributed by atoms with Crippen molar-refractivity contribution in [2.45, 2.75) is 6.18 Å². The van der Waals surface area contributed by atoms with Gasteiger partial charge in [0.1, 0.15) is 5.82 Å². The van der Waals surface area contributed by atoms with Gasteiger partial charge in [-0.2, -0.15) is 13.2 Å². The molecule has 0 unspecified atom stereocenters. The van der Waals surface area contributed by atoms with E-state index in [1.807, 2.05) is 0 Å². The van der Waals surface area contributed by atoms with Crippen molar-refractivity contribution < 1.29 is 27.9 Å². The Morgan fingerprint density at radius 1 is 1.30 bits per heavy atom. The van der Waals surface area contributed by atoms with Crippen LogP contribution in [0.15, 0.2) is 18.3 Å². The number of aromatic nitrogens is 1. The summed E-state index contributed by atoms with van der Waals surface area (Å²) in [5.74, 6) is -0.131. The van der Waals surface area contributed by atoms with Crippen LogP contribution in [0.1, 0.15) is 5.56 Å². The lowest BCUT2D eigenvalue weighted by Crippen LogP contribution is -2.50. The first-order valence-electron chi connectivity index (χ1n) is 6.60. The number of anilines is 1. The number of rotatable bonds is 4. The molecule has 1 amide bonds. The van der Waals surface area contributed by atoms with E-state index >= 15 is 0 Å². The molecule has 11 heteroatoms. The molecule has 126 valence electrons. The summed E-state index contributed by atoms with van der Waals surface area (Å²) in [5, 5.41) is 9.00. The molecule has 1 saturated heterocycles. The molecule has 1 aliphatic rings. The molecular weight excluding hydrogens is 321 g/mol. The number of amides is 1. The Morgan fingerprint density at radius 3 is 2.43 bits per heavy atom. The van der Waals surface area contributed by atoms with Gasteiger partial charge in [0.15, 0.2) is 6.61 Å². The first-order chi connectivity index (χ1) is 10.8. The van der Waals surface area contributed by atoms with Crippen LogP contribution in [0.2, 0.25) is 0 Å². The molecule has 0 N–H and O–H groups in total. The molecule has 0 radical (unpaired) electrons. The van der Waals surface area contributed by atoms with Gasteiger partial charge in [-0.3, -0.25) is 4.79 Å². The summed E-state index contributed by atoms with van der Waals surface area (Å²) >= 11 is 0. The van der Waals surface area contributed by atoms with E-state index in [4.69, 9.17) is 0 Å². The summed E-state index contributed by atoms with van der Waals surface area (Å²) < 4.78 is 37.4. The average molecular weight is 334 g/mol. The van der Waals surface area contributed by atoms with E-state index in [1.54, 1.807) is 4.90 Å². The molecule has 1 aromatic rings. The van der Waals surface area contributed by atoms with Crippen molar-refractivity contribution in [3.63, 3.8) is 0 Å². The highest BCUT2D eigenvalue weighted by molar-refractivity contribution is 5.77. The molecule has 0 aromatic carbocycles. The smallest absolute Gasteiger partial charge is 0.353 e. The van der Waals surface area contributed by atoms with Gasteiger partial charge in [-0.25, -0.2) is 4.98 Å². The maximum Gasteiger partial charge on any atom is 0.417 e. The third-order valence-electron chi connectivity index (χ3n) is 3.33. The van der Waals surface area contributed by atoms with Gasteiger partial charge in [-0.15, -0.1) is 10.1 Å². The Bertz CT molecular complexity index is 571. The molecule has 8 nitrogen and oxygen atoms in total. The molecule has 0 atom stereocenters. The van der Waals surface area contributed by atoms with E-state index < -0.39 is 29.3 Å². The second-order valence-electron chi connectivity index (χ2n) is 4.77. The van der Waals surface area contributed by atoms with Crippen LogP contribution in [0.25, 0.3) is 0 Å². The van der Waals surface area contributed by atoms with Crippen LogP contribution in [0, 0.1) is 10.1 Å². The third-order valence-corrected chi connectivity index (χ3v) is 3.33. The van der Waals surface area contributed by atoms with Crippen LogP contribution in [0.3, 0.4) is 0 Å². The number of pyridine rings is 1. The summed E-state index contributed by atoms with van der Waals surface area (Å²) in [6, 6.07) is 2.22. The SMILES string of the molecule is O=C(CO[N+](=O)[O-])N1CCN(c2ccc(C(F)(F)F)cn2)CC1. The lowest BCUT2D eigenvalue weighted by Gasteiger charge is -2.35. The molecule has 23 heavy (non-hydrogen) atoms. The number of halogens is 3. The van der Waals surface area contributed by atoms with Crippen LogP contribution < -0.4 is 4.90 Å². The zero-order valence-corrected chi connectivity index (χ0v) is 11.8. The van der Waals surface area contributed by atoms with Crippen molar-refractivity contribution in [2.24, 2.45) is 0 Å². The van der Waals surface area contributed by atoms with Crippen LogP contribution in [-0.2, 0) is 15.8 Å². The highest BCUT2D eigenvalue weighted by atomic mass is 19.4. The zero-order chi connectivity index (χ0) is 17.0. The normalized spacial score (nSPS) is 15.4. The lowest BCUT2D eigenvalue weighted by molar-refractivity contribution is -0.754. The minimum Gasteiger partial charge on any atom is -0.353 e. The van der Waals surface area contributed by atoms with Crippen LogP contribution in [0.5, 0.6) is 0 Å². The topological polar surface area (TPSA) is 88.8 Å². The molecular formula is C12H13F3N4O4. The molecule has 1 aromatic heterocycles. The first kappa shape index (κ1) is 16.8. The summed E-state index contributed by atoms with van der Waals surface area (Å²) in [7, 11) is 0. The quantitative estimate of drug-likeness (QED) is 0.602. The Morgan fingerprint density at radius 2 is 1.96 bits per heavy atom. The average Bonchev–Trinajstić information content (AvgIpc) is 2.52. The molecule has 1 aliphatic heterocycles. The van der Waals surface area contributed by atoms with Crippen LogP contribution >= 0.6 is 0 Å². The zero-order valence-electron chi connectivity index (χ0n) is 11.8. The van der Waals surface area contributed by atoms with Crippen LogP contribution in [-0.4, -0.2) is 53.7 Å². The predicted molar refractivity (Wildman–Crippen MR) is 71.0 cm³/mol. The molecule has 0 aliphatic carbocycles. The van der Waals surface area contributed by atoms with Gasteiger partial charge in [-0.1, -0.05) is 0 Å². The van der Waals surface area contributed by atoms with Gasteiger partial charge in [-0.05, 0) is 12.1 Å². The summed E-state index contributed by atoms with van der Waals surface area (Å²) in [4.78, 5) is 32.6. The third kappa shape index (κ3) is 4.44. The number of hydrogen-bond acceptors (Lipinski definition) is 6. The molecule has 2 rings (SSSR count). The van der Waals surface area contributed by atoms with Gasteiger partial charge in [0.2, 0.25) is 5.91 Å². The fourth-order valence-corrected chi connectivity index (χ4v) is 2.12. The van der Waals surface area contributed by atoms with Crippen LogP contribution in [0.4, 0.5) is 19.0 Å². The Hall–Kier alpha value is -2.59. The molecule has 0 bridgehead atoms. The second-order valence-corrected chi connectivity index (χ2v) is 4.77. The van der Waals surface area contributed by atoms with Gasteiger partial charge in [0.25, 0.3) is 5.09 Å². The van der Waals surface area contributed by atoms with E-state index in [2.05, 4.69) is 9.82 Å². The number of carbonyl (C=O) groups excluding carboxylic acids is 1. The maximum absolute atomic E-state index is 12.5. The van der Waals surface area contributed by atoms with Crippen molar-refractivity contribution in [1.29, 1.82) is 0 Å². The van der Waals surface area contributed by atoms with E-state index in [0.717, 1.165) is 12.3 Å². The molecule has 0 spiro atoms. The highest BCUT2D eigenvalue weighted by Crippen LogP contribution is 2.29. The number of piperazine rings is 1. The maximum atomic E-state index is 12.5. The fourth-order valence-electron chi connectivity index (χ4n) is 2.12. The van der Waals surface area contributed by atoms with Gasteiger partial charge in [0.05, 0.1) is 5.56 Å². The van der Waals surface area contributed by atoms with E-state index in [9.17, 15) is 28.1 Å². The lowest BCUT2D eigenvalue weighted by atomic mass is 10.2.